The molecule has 1 fully saturated rings. The number of rotatable bonds is 6. The van der Waals surface area contributed by atoms with E-state index in [1.807, 2.05) is 0 Å². The zero-order chi connectivity index (χ0) is 12.0. The summed E-state index contributed by atoms with van der Waals surface area (Å²) >= 11 is 0. The van der Waals surface area contributed by atoms with Gasteiger partial charge in [0, 0.05) is 33.4 Å². The molecule has 1 aliphatic heterocycles. The lowest BCUT2D eigenvalue weighted by molar-refractivity contribution is -0.00278. The Kier molecular flexibility index (Phi) is 6.28. The summed E-state index contributed by atoms with van der Waals surface area (Å²) in [5.74, 6) is 0.477. The van der Waals surface area contributed by atoms with E-state index in [0.717, 1.165) is 19.7 Å². The molecule has 0 aromatic rings. The van der Waals surface area contributed by atoms with Gasteiger partial charge in [-0.1, -0.05) is 6.92 Å². The molecule has 0 aromatic heterocycles. The second-order valence-corrected chi connectivity index (χ2v) is 4.73. The summed E-state index contributed by atoms with van der Waals surface area (Å²) in [6.07, 6.45) is 2.75. The smallest absolute Gasteiger partial charge is 0.0698 e. The lowest BCUT2D eigenvalue weighted by Gasteiger charge is -2.39. The van der Waals surface area contributed by atoms with Gasteiger partial charge in [-0.25, -0.2) is 0 Å². The highest BCUT2D eigenvalue weighted by molar-refractivity contribution is 4.83. The Bertz CT molecular complexity index is 190. The molecular formula is C12H26N2O2. The third-order valence-corrected chi connectivity index (χ3v) is 3.54. The van der Waals surface area contributed by atoms with Crippen LogP contribution in [0.1, 0.15) is 19.8 Å². The quantitative estimate of drug-likeness (QED) is 0.730. The first kappa shape index (κ1) is 13.9. The maximum absolute atomic E-state index is 5.88. The van der Waals surface area contributed by atoms with Crippen molar-refractivity contribution in [3.8, 4) is 0 Å². The van der Waals surface area contributed by atoms with E-state index in [-0.39, 0.29) is 0 Å². The number of methoxy groups -OCH3 is 2. The Morgan fingerprint density at radius 3 is 2.75 bits per heavy atom. The van der Waals surface area contributed by atoms with Crippen LogP contribution in [0.15, 0.2) is 0 Å². The van der Waals surface area contributed by atoms with Crippen molar-refractivity contribution in [1.82, 2.24) is 4.90 Å². The zero-order valence-electron chi connectivity index (χ0n) is 10.8. The average Bonchev–Trinajstić information content (AvgIpc) is 2.31. The van der Waals surface area contributed by atoms with Crippen molar-refractivity contribution in [2.45, 2.75) is 31.9 Å². The molecule has 4 nitrogen and oxygen atoms in total. The number of likely N-dealkylation sites (tertiary alicyclic amines) is 1. The maximum Gasteiger partial charge on any atom is 0.0698 e. The number of ether oxygens (including phenoxy) is 2. The fourth-order valence-electron chi connectivity index (χ4n) is 2.58. The van der Waals surface area contributed by atoms with Crippen molar-refractivity contribution < 1.29 is 9.47 Å². The van der Waals surface area contributed by atoms with Crippen LogP contribution in [0.3, 0.4) is 0 Å². The molecule has 1 aliphatic rings. The van der Waals surface area contributed by atoms with Gasteiger partial charge in [0.2, 0.25) is 0 Å². The topological polar surface area (TPSA) is 47.7 Å². The van der Waals surface area contributed by atoms with E-state index in [2.05, 4.69) is 11.8 Å². The highest BCUT2D eigenvalue weighted by atomic mass is 16.5. The first-order chi connectivity index (χ1) is 7.72. The molecule has 16 heavy (non-hydrogen) atoms. The number of hydrogen-bond donors (Lipinski definition) is 1. The Labute approximate surface area is 99.1 Å². The van der Waals surface area contributed by atoms with E-state index >= 15 is 0 Å². The van der Waals surface area contributed by atoms with Gasteiger partial charge in [0.05, 0.1) is 12.7 Å². The van der Waals surface area contributed by atoms with Gasteiger partial charge in [0.1, 0.15) is 0 Å². The highest BCUT2D eigenvalue weighted by Gasteiger charge is 2.28. The molecular weight excluding hydrogens is 204 g/mol. The lowest BCUT2D eigenvalue weighted by atomic mass is 9.97. The SMILES string of the molecule is COCC(C)C(CN)N1CCCC(OC)C1. The van der Waals surface area contributed by atoms with Crippen LogP contribution in [-0.4, -0.2) is 57.5 Å². The van der Waals surface area contributed by atoms with Gasteiger partial charge >= 0.3 is 0 Å². The van der Waals surface area contributed by atoms with Crippen LogP contribution in [0.5, 0.6) is 0 Å². The fourth-order valence-corrected chi connectivity index (χ4v) is 2.58. The molecule has 2 N–H and O–H groups in total. The van der Waals surface area contributed by atoms with Crippen molar-refractivity contribution in [2.24, 2.45) is 11.7 Å². The van der Waals surface area contributed by atoms with Gasteiger partial charge in [0.25, 0.3) is 0 Å². The van der Waals surface area contributed by atoms with Crippen LogP contribution >= 0.6 is 0 Å². The fraction of sp³-hybridized carbons (Fsp3) is 1.00. The zero-order valence-corrected chi connectivity index (χ0v) is 10.8. The van der Waals surface area contributed by atoms with Crippen molar-refractivity contribution in [1.29, 1.82) is 0 Å². The lowest BCUT2D eigenvalue weighted by Crippen LogP contribution is -2.51. The highest BCUT2D eigenvalue weighted by Crippen LogP contribution is 2.19. The largest absolute Gasteiger partial charge is 0.384 e. The van der Waals surface area contributed by atoms with E-state index in [0.29, 0.717) is 24.6 Å². The summed E-state index contributed by atoms with van der Waals surface area (Å²) in [5, 5.41) is 0. The normalized spacial score (nSPS) is 26.6. The third kappa shape index (κ3) is 3.70. The van der Waals surface area contributed by atoms with Gasteiger partial charge in [-0.05, 0) is 25.3 Å². The molecule has 1 heterocycles. The average molecular weight is 230 g/mol. The predicted octanol–water partition coefficient (Wildman–Crippen LogP) is 0.707. The summed E-state index contributed by atoms with van der Waals surface area (Å²) in [7, 11) is 3.54. The molecule has 4 heteroatoms. The Morgan fingerprint density at radius 2 is 2.19 bits per heavy atom. The summed E-state index contributed by atoms with van der Waals surface area (Å²) in [6.45, 7) is 5.82. The van der Waals surface area contributed by atoms with Crippen molar-refractivity contribution >= 4 is 0 Å². The monoisotopic (exact) mass is 230 g/mol. The first-order valence-corrected chi connectivity index (χ1v) is 6.18. The summed E-state index contributed by atoms with van der Waals surface area (Å²) in [5.41, 5.74) is 5.88. The van der Waals surface area contributed by atoms with Gasteiger partial charge < -0.3 is 15.2 Å². The molecule has 96 valence electrons. The number of hydrogen-bond acceptors (Lipinski definition) is 4. The van der Waals surface area contributed by atoms with Gasteiger partial charge in [-0.15, -0.1) is 0 Å². The van der Waals surface area contributed by atoms with Gasteiger partial charge in [-0.3, -0.25) is 4.90 Å². The molecule has 3 atom stereocenters. The van der Waals surface area contributed by atoms with E-state index in [1.54, 1.807) is 14.2 Å². The number of nitrogens with two attached hydrogens (primary N) is 1. The molecule has 0 aliphatic carbocycles. The standard InChI is InChI=1S/C12H26N2O2/c1-10(9-15-2)12(7-13)14-6-4-5-11(8-14)16-3/h10-12H,4-9,13H2,1-3H3. The number of piperidine rings is 1. The minimum Gasteiger partial charge on any atom is -0.384 e. The van der Waals surface area contributed by atoms with Crippen LogP contribution < -0.4 is 5.73 Å². The Balaban J connectivity index is 2.50. The molecule has 0 amide bonds. The van der Waals surface area contributed by atoms with Crippen LogP contribution in [0.25, 0.3) is 0 Å². The van der Waals surface area contributed by atoms with Gasteiger partial charge in [-0.2, -0.15) is 0 Å². The van der Waals surface area contributed by atoms with E-state index < -0.39 is 0 Å². The molecule has 1 saturated heterocycles. The molecule has 0 saturated carbocycles. The molecule has 3 unspecified atom stereocenters. The van der Waals surface area contributed by atoms with Gasteiger partial charge in [0.15, 0.2) is 0 Å². The minimum atomic E-state index is 0.373. The molecule has 0 radical (unpaired) electrons. The molecule has 0 aromatic carbocycles. The first-order valence-electron chi connectivity index (χ1n) is 6.18. The summed E-state index contributed by atoms with van der Waals surface area (Å²) in [4.78, 5) is 2.46. The molecule has 1 rings (SSSR count). The minimum absolute atomic E-state index is 0.373. The van der Waals surface area contributed by atoms with E-state index in [1.165, 1.54) is 12.8 Å². The Morgan fingerprint density at radius 1 is 1.44 bits per heavy atom. The molecule has 0 bridgehead atoms. The second kappa shape index (κ2) is 7.22. The van der Waals surface area contributed by atoms with Crippen molar-refractivity contribution in [3.05, 3.63) is 0 Å². The van der Waals surface area contributed by atoms with Crippen LogP contribution in [0.2, 0.25) is 0 Å². The van der Waals surface area contributed by atoms with Crippen LogP contribution in [0, 0.1) is 5.92 Å². The third-order valence-electron chi connectivity index (χ3n) is 3.54. The summed E-state index contributed by atoms with van der Waals surface area (Å²) < 4.78 is 10.7. The van der Waals surface area contributed by atoms with Crippen LogP contribution in [-0.2, 0) is 9.47 Å². The van der Waals surface area contributed by atoms with E-state index in [9.17, 15) is 0 Å². The van der Waals surface area contributed by atoms with Crippen molar-refractivity contribution in [2.75, 3.05) is 40.5 Å². The Hall–Kier alpha value is -0.160. The van der Waals surface area contributed by atoms with Crippen molar-refractivity contribution in [3.63, 3.8) is 0 Å². The number of nitrogens with zero attached hydrogens (tertiary/aromatic N) is 1. The second-order valence-electron chi connectivity index (χ2n) is 4.73. The van der Waals surface area contributed by atoms with Crippen LogP contribution in [0.4, 0.5) is 0 Å². The molecule has 0 spiro atoms. The summed E-state index contributed by atoms with van der Waals surface area (Å²) in [6, 6.07) is 0.415. The predicted molar refractivity (Wildman–Crippen MR) is 65.5 cm³/mol. The van der Waals surface area contributed by atoms with E-state index in [4.69, 9.17) is 15.2 Å². The maximum atomic E-state index is 5.88.